The minimum atomic E-state index is -0.434. The first-order valence-electron chi connectivity index (χ1n) is 6.37. The molecule has 0 unspecified atom stereocenters. The lowest BCUT2D eigenvalue weighted by atomic mass is 9.81. The van der Waals surface area contributed by atoms with Gasteiger partial charge in [-0.2, -0.15) is 0 Å². The highest BCUT2D eigenvalue weighted by Crippen LogP contribution is 2.31. The Bertz CT molecular complexity index is 346. The third kappa shape index (κ3) is 3.21. The van der Waals surface area contributed by atoms with Gasteiger partial charge in [0.05, 0.1) is 12.1 Å². The van der Waals surface area contributed by atoms with Crippen LogP contribution in [0.1, 0.15) is 43.7 Å². The van der Waals surface area contributed by atoms with Crippen molar-refractivity contribution in [1.29, 1.82) is 0 Å². The van der Waals surface area contributed by atoms with Gasteiger partial charge in [-0.25, -0.2) is 0 Å². The van der Waals surface area contributed by atoms with E-state index >= 15 is 0 Å². The molecule has 1 saturated carbocycles. The van der Waals surface area contributed by atoms with Gasteiger partial charge in [0.15, 0.2) is 0 Å². The van der Waals surface area contributed by atoms with Crippen molar-refractivity contribution >= 4 is 11.6 Å². The third-order valence-corrected chi connectivity index (χ3v) is 4.01. The molecule has 1 aromatic rings. The molecule has 0 aliphatic heterocycles. The summed E-state index contributed by atoms with van der Waals surface area (Å²) in [7, 11) is 0. The summed E-state index contributed by atoms with van der Waals surface area (Å²) >= 11 is 5.84. The molecule has 0 amide bonds. The molecule has 1 aliphatic rings. The van der Waals surface area contributed by atoms with Crippen LogP contribution in [-0.4, -0.2) is 11.2 Å². The molecule has 1 fully saturated rings. The summed E-state index contributed by atoms with van der Waals surface area (Å²) in [6.07, 6.45) is 5.49. The van der Waals surface area contributed by atoms with Gasteiger partial charge in [0.25, 0.3) is 0 Å². The fourth-order valence-corrected chi connectivity index (χ4v) is 2.78. The van der Waals surface area contributed by atoms with Crippen molar-refractivity contribution in [2.45, 2.75) is 44.2 Å². The SMILES string of the molecule is N[C@@H](c1ccc(Cl)cc1)[C@H](O)C1CCCCC1. The summed E-state index contributed by atoms with van der Waals surface area (Å²) in [5.74, 6) is 0.356. The van der Waals surface area contributed by atoms with E-state index in [1.54, 1.807) is 0 Å². The number of nitrogens with two attached hydrogens (primary N) is 1. The second-order valence-corrected chi connectivity index (χ2v) is 5.40. The van der Waals surface area contributed by atoms with Gasteiger partial charge in [-0.1, -0.05) is 43.0 Å². The lowest BCUT2D eigenvalue weighted by Crippen LogP contribution is -2.34. The van der Waals surface area contributed by atoms with Gasteiger partial charge in [-0.05, 0) is 36.5 Å². The van der Waals surface area contributed by atoms with Crippen molar-refractivity contribution in [3.63, 3.8) is 0 Å². The van der Waals surface area contributed by atoms with E-state index in [-0.39, 0.29) is 6.04 Å². The Morgan fingerprint density at radius 3 is 2.29 bits per heavy atom. The number of aliphatic hydroxyl groups excluding tert-OH is 1. The number of aliphatic hydroxyl groups is 1. The van der Waals surface area contributed by atoms with Crippen molar-refractivity contribution in [3.05, 3.63) is 34.9 Å². The molecule has 94 valence electrons. The predicted molar refractivity (Wildman–Crippen MR) is 71.0 cm³/mol. The molecule has 2 nitrogen and oxygen atoms in total. The highest BCUT2D eigenvalue weighted by atomic mass is 35.5. The van der Waals surface area contributed by atoms with E-state index in [0.29, 0.717) is 10.9 Å². The summed E-state index contributed by atoms with van der Waals surface area (Å²) in [5, 5.41) is 11.0. The number of halogens is 1. The lowest BCUT2D eigenvalue weighted by Gasteiger charge is -2.30. The maximum atomic E-state index is 10.3. The molecule has 0 saturated heterocycles. The van der Waals surface area contributed by atoms with Gasteiger partial charge in [-0.15, -0.1) is 0 Å². The van der Waals surface area contributed by atoms with Gasteiger partial charge < -0.3 is 10.8 Å². The second kappa shape index (κ2) is 5.85. The minimum Gasteiger partial charge on any atom is -0.391 e. The van der Waals surface area contributed by atoms with Crippen molar-refractivity contribution in [3.8, 4) is 0 Å². The number of benzene rings is 1. The van der Waals surface area contributed by atoms with Crippen molar-refractivity contribution in [2.75, 3.05) is 0 Å². The van der Waals surface area contributed by atoms with Gasteiger partial charge in [-0.3, -0.25) is 0 Å². The smallest absolute Gasteiger partial charge is 0.0760 e. The average molecular weight is 254 g/mol. The normalized spacial score (nSPS) is 21.1. The monoisotopic (exact) mass is 253 g/mol. The fraction of sp³-hybridized carbons (Fsp3) is 0.571. The first kappa shape index (κ1) is 12.9. The van der Waals surface area contributed by atoms with Crippen LogP contribution in [0.15, 0.2) is 24.3 Å². The van der Waals surface area contributed by atoms with E-state index in [4.69, 9.17) is 17.3 Å². The maximum Gasteiger partial charge on any atom is 0.0760 e. The van der Waals surface area contributed by atoms with Gasteiger partial charge in [0, 0.05) is 5.02 Å². The lowest BCUT2D eigenvalue weighted by molar-refractivity contribution is 0.0618. The van der Waals surface area contributed by atoms with Crippen LogP contribution in [0, 0.1) is 5.92 Å². The summed E-state index contributed by atoms with van der Waals surface area (Å²) in [6, 6.07) is 7.16. The maximum absolute atomic E-state index is 10.3. The molecule has 3 heteroatoms. The summed E-state index contributed by atoms with van der Waals surface area (Å²) in [6.45, 7) is 0. The number of hydrogen-bond acceptors (Lipinski definition) is 2. The van der Waals surface area contributed by atoms with E-state index in [9.17, 15) is 5.11 Å². The van der Waals surface area contributed by atoms with Gasteiger partial charge in [0.2, 0.25) is 0 Å². The Morgan fingerprint density at radius 2 is 1.71 bits per heavy atom. The zero-order chi connectivity index (χ0) is 12.3. The van der Waals surface area contributed by atoms with Crippen LogP contribution in [0.4, 0.5) is 0 Å². The molecule has 1 aromatic carbocycles. The van der Waals surface area contributed by atoms with Crippen LogP contribution in [0.3, 0.4) is 0 Å². The molecule has 2 atom stereocenters. The zero-order valence-corrected chi connectivity index (χ0v) is 10.7. The molecule has 0 aromatic heterocycles. The first-order chi connectivity index (χ1) is 8.18. The first-order valence-corrected chi connectivity index (χ1v) is 6.75. The van der Waals surface area contributed by atoms with Crippen LogP contribution in [-0.2, 0) is 0 Å². The highest BCUT2D eigenvalue weighted by Gasteiger charge is 2.27. The van der Waals surface area contributed by atoms with E-state index < -0.39 is 6.10 Å². The van der Waals surface area contributed by atoms with Gasteiger partial charge in [0.1, 0.15) is 0 Å². The Labute approximate surface area is 108 Å². The Morgan fingerprint density at radius 1 is 1.12 bits per heavy atom. The highest BCUT2D eigenvalue weighted by molar-refractivity contribution is 6.30. The fourth-order valence-electron chi connectivity index (χ4n) is 2.65. The predicted octanol–water partition coefficient (Wildman–Crippen LogP) is 3.28. The molecule has 0 radical (unpaired) electrons. The zero-order valence-electron chi connectivity index (χ0n) is 9.98. The van der Waals surface area contributed by atoms with Gasteiger partial charge >= 0.3 is 0 Å². The molecular weight excluding hydrogens is 234 g/mol. The summed E-state index contributed by atoms with van der Waals surface area (Å²) < 4.78 is 0. The van der Waals surface area contributed by atoms with E-state index in [0.717, 1.165) is 18.4 Å². The largest absolute Gasteiger partial charge is 0.391 e. The Kier molecular flexibility index (Phi) is 4.43. The Balaban J connectivity index is 2.02. The minimum absolute atomic E-state index is 0.296. The molecule has 0 bridgehead atoms. The molecule has 2 rings (SSSR count). The van der Waals surface area contributed by atoms with Crippen molar-refractivity contribution in [2.24, 2.45) is 11.7 Å². The van der Waals surface area contributed by atoms with Crippen LogP contribution in [0.2, 0.25) is 5.02 Å². The average Bonchev–Trinajstić information content (AvgIpc) is 2.39. The van der Waals surface area contributed by atoms with Crippen molar-refractivity contribution < 1.29 is 5.11 Å². The molecule has 0 spiro atoms. The summed E-state index contributed by atoms with van der Waals surface area (Å²) in [5.41, 5.74) is 7.09. The standard InChI is InChI=1S/C14H20ClNO/c15-12-8-6-10(7-9-12)13(16)14(17)11-4-2-1-3-5-11/h6-9,11,13-14,17H,1-5,16H2/t13-,14+/m0/s1. The molecular formula is C14H20ClNO. The van der Waals surface area contributed by atoms with E-state index in [1.165, 1.54) is 19.3 Å². The quantitative estimate of drug-likeness (QED) is 0.869. The number of hydrogen-bond donors (Lipinski definition) is 2. The van der Waals surface area contributed by atoms with E-state index in [1.807, 2.05) is 24.3 Å². The second-order valence-electron chi connectivity index (χ2n) is 4.97. The van der Waals surface area contributed by atoms with Crippen molar-refractivity contribution in [1.82, 2.24) is 0 Å². The van der Waals surface area contributed by atoms with Crippen LogP contribution < -0.4 is 5.73 Å². The molecule has 1 aliphatic carbocycles. The Hall–Kier alpha value is -0.570. The van der Waals surface area contributed by atoms with E-state index in [2.05, 4.69) is 0 Å². The summed E-state index contributed by atoms with van der Waals surface area (Å²) in [4.78, 5) is 0. The molecule has 0 heterocycles. The molecule has 17 heavy (non-hydrogen) atoms. The van der Waals surface area contributed by atoms with Crippen LogP contribution in [0.25, 0.3) is 0 Å². The van der Waals surface area contributed by atoms with Crippen LogP contribution in [0.5, 0.6) is 0 Å². The third-order valence-electron chi connectivity index (χ3n) is 3.76. The molecule has 3 N–H and O–H groups in total. The number of rotatable bonds is 3. The topological polar surface area (TPSA) is 46.2 Å². The van der Waals surface area contributed by atoms with Crippen LogP contribution >= 0.6 is 11.6 Å².